The number of fused-ring (bicyclic) bond motifs is 5. The molecule has 4 aromatic rings. The Morgan fingerprint density at radius 1 is 1.11 bits per heavy atom. The van der Waals surface area contributed by atoms with Gasteiger partial charge in [0, 0.05) is 22.7 Å². The second kappa shape index (κ2) is 10.3. The van der Waals surface area contributed by atoms with Crippen LogP contribution < -0.4 is 16.1 Å². The van der Waals surface area contributed by atoms with E-state index in [9.17, 15) is 39.6 Å². The van der Waals surface area contributed by atoms with Crippen molar-refractivity contribution in [3.8, 4) is 11.4 Å². The van der Waals surface area contributed by atoms with Gasteiger partial charge in [-0.25, -0.2) is 24.3 Å². The summed E-state index contributed by atoms with van der Waals surface area (Å²) >= 11 is 0. The van der Waals surface area contributed by atoms with Crippen LogP contribution in [-0.4, -0.2) is 76.5 Å². The molecule has 1 aromatic carbocycles. The summed E-state index contributed by atoms with van der Waals surface area (Å²) in [6.45, 7) is 0.777. The Bertz CT molecular complexity index is 2020. The van der Waals surface area contributed by atoms with Crippen molar-refractivity contribution in [1.82, 2.24) is 19.1 Å². The molecule has 15 heteroatoms. The third-order valence-corrected chi connectivity index (χ3v) is 8.83. The maximum Gasteiger partial charge on any atom is 0.414 e. The molecule has 3 aliphatic heterocycles. The molecular formula is C30H27N5O10. The lowest BCUT2D eigenvalue weighted by Crippen LogP contribution is -2.58. The monoisotopic (exact) mass is 617 g/mol. The van der Waals surface area contributed by atoms with Crippen molar-refractivity contribution in [2.24, 2.45) is 0 Å². The number of cyclic esters (lactones) is 1. The highest BCUT2D eigenvalue weighted by Crippen LogP contribution is 2.43. The lowest BCUT2D eigenvalue weighted by molar-refractivity contribution is -0.154. The van der Waals surface area contributed by atoms with E-state index in [4.69, 9.17) is 14.5 Å². The van der Waals surface area contributed by atoms with Crippen LogP contribution in [0.5, 0.6) is 0 Å². The third kappa shape index (κ3) is 4.05. The molecule has 4 N–H and O–H groups in total. The molecule has 3 aliphatic rings. The number of carbonyl (C=O) groups excluding carboxylic acids is 1. The maximum absolute atomic E-state index is 13.9. The Morgan fingerprint density at radius 2 is 1.89 bits per heavy atom. The van der Waals surface area contributed by atoms with E-state index in [1.165, 1.54) is 4.57 Å². The Balaban J connectivity index is 1.38. The number of pyridine rings is 2. The summed E-state index contributed by atoms with van der Waals surface area (Å²) < 4.78 is 13.2. The molecular weight excluding hydrogens is 590 g/mol. The number of amides is 1. The summed E-state index contributed by atoms with van der Waals surface area (Å²) in [5, 5.41) is 41.3. The van der Waals surface area contributed by atoms with E-state index in [0.29, 0.717) is 21.8 Å². The minimum atomic E-state index is -2.11. The Morgan fingerprint density at radius 3 is 2.58 bits per heavy atom. The van der Waals surface area contributed by atoms with Crippen molar-refractivity contribution < 1.29 is 39.5 Å². The zero-order chi connectivity index (χ0) is 31.8. The van der Waals surface area contributed by atoms with Gasteiger partial charge in [0.05, 0.1) is 35.6 Å². The molecule has 5 atom stereocenters. The van der Waals surface area contributed by atoms with Crippen LogP contribution in [0.25, 0.3) is 22.3 Å². The number of hydrogen-bond acceptors (Lipinski definition) is 11. The summed E-state index contributed by atoms with van der Waals surface area (Å²) in [6.07, 6.45) is -6.40. The van der Waals surface area contributed by atoms with E-state index >= 15 is 0 Å². The molecule has 0 bridgehead atoms. The van der Waals surface area contributed by atoms with Gasteiger partial charge in [-0.1, -0.05) is 25.1 Å². The fraction of sp³-hybridized carbons (Fsp3) is 0.333. The largest absolute Gasteiger partial charge is 0.465 e. The van der Waals surface area contributed by atoms with Gasteiger partial charge in [-0.2, -0.15) is 4.98 Å². The predicted molar refractivity (Wildman–Crippen MR) is 154 cm³/mol. The van der Waals surface area contributed by atoms with Crippen molar-refractivity contribution in [2.45, 2.75) is 56.6 Å². The first-order valence-corrected chi connectivity index (χ1v) is 14.2. The summed E-state index contributed by atoms with van der Waals surface area (Å²) in [6, 6.07) is 12.1. The molecule has 7 rings (SSSR count). The maximum atomic E-state index is 13.9. The number of carboxylic acid groups (broad SMARTS) is 1. The lowest BCUT2D eigenvalue weighted by Gasteiger charge is -2.42. The first kappa shape index (κ1) is 28.8. The number of rotatable bonds is 5. The summed E-state index contributed by atoms with van der Waals surface area (Å²) in [4.78, 5) is 63.0. The number of anilines is 1. The molecule has 4 unspecified atom stereocenters. The van der Waals surface area contributed by atoms with Gasteiger partial charge in [-0.15, -0.1) is 0 Å². The second-order valence-corrected chi connectivity index (χ2v) is 11.1. The fourth-order valence-electron chi connectivity index (χ4n) is 6.58. The van der Waals surface area contributed by atoms with Crippen LogP contribution >= 0.6 is 0 Å². The van der Waals surface area contributed by atoms with Crippen LogP contribution in [0.2, 0.25) is 0 Å². The highest BCUT2D eigenvalue weighted by atomic mass is 16.6. The van der Waals surface area contributed by atoms with Gasteiger partial charge in [0.1, 0.15) is 30.7 Å². The molecule has 3 aromatic heterocycles. The molecule has 0 spiro atoms. The number of aliphatic hydroxyl groups is 3. The van der Waals surface area contributed by atoms with Crippen LogP contribution in [0, 0.1) is 0 Å². The number of carbonyl (C=O) groups is 2. The van der Waals surface area contributed by atoms with Crippen LogP contribution in [-0.2, 0) is 33.0 Å². The minimum Gasteiger partial charge on any atom is -0.465 e. The molecule has 232 valence electrons. The van der Waals surface area contributed by atoms with Gasteiger partial charge in [0.25, 0.3) is 5.56 Å². The number of aromatic nitrogens is 4. The van der Waals surface area contributed by atoms with Crippen LogP contribution in [0.3, 0.4) is 0 Å². The number of nitrogens with zero attached hydrogens (tertiary/aromatic N) is 5. The van der Waals surface area contributed by atoms with Crippen molar-refractivity contribution >= 4 is 28.8 Å². The first-order valence-electron chi connectivity index (χ1n) is 14.2. The van der Waals surface area contributed by atoms with Gasteiger partial charge < -0.3 is 34.5 Å². The SMILES string of the molecule is CC[C@@]1(N(C(=O)O)c2ccn(C3OC(CO)C(O)C3O)c(=O)n2)C(=O)OCc2c1cc1n(c2=O)Cc2cc3ccccc3nc2-1. The van der Waals surface area contributed by atoms with Crippen LogP contribution in [0.4, 0.5) is 10.6 Å². The van der Waals surface area contributed by atoms with E-state index in [1.807, 2.05) is 30.3 Å². The van der Waals surface area contributed by atoms with E-state index < -0.39 is 65.8 Å². The van der Waals surface area contributed by atoms with Gasteiger partial charge >= 0.3 is 17.8 Å². The van der Waals surface area contributed by atoms with E-state index in [2.05, 4.69) is 4.98 Å². The van der Waals surface area contributed by atoms with Crippen molar-refractivity contribution in [3.05, 3.63) is 86.2 Å². The van der Waals surface area contributed by atoms with Crippen molar-refractivity contribution in [1.29, 1.82) is 0 Å². The van der Waals surface area contributed by atoms with Crippen molar-refractivity contribution in [3.63, 3.8) is 0 Å². The highest BCUT2D eigenvalue weighted by molar-refractivity contribution is 5.99. The predicted octanol–water partition coefficient (Wildman–Crippen LogP) is 0.440. The van der Waals surface area contributed by atoms with Crippen LogP contribution in [0.15, 0.2) is 58.3 Å². The molecule has 1 saturated heterocycles. The molecule has 6 heterocycles. The molecule has 1 fully saturated rings. The number of hydrogen-bond donors (Lipinski definition) is 4. The second-order valence-electron chi connectivity index (χ2n) is 11.1. The van der Waals surface area contributed by atoms with Gasteiger partial charge in [-0.3, -0.25) is 9.36 Å². The fourth-order valence-corrected chi connectivity index (χ4v) is 6.58. The number of esters is 1. The molecule has 0 saturated carbocycles. The summed E-state index contributed by atoms with van der Waals surface area (Å²) in [5.74, 6) is -1.41. The number of para-hydroxylation sites is 1. The van der Waals surface area contributed by atoms with Gasteiger partial charge in [-0.05, 0) is 30.7 Å². The third-order valence-electron chi connectivity index (χ3n) is 8.83. The van der Waals surface area contributed by atoms with E-state index in [1.54, 1.807) is 13.0 Å². The minimum absolute atomic E-state index is 0.0867. The molecule has 1 amide bonds. The highest BCUT2D eigenvalue weighted by Gasteiger charge is 2.54. The first-order chi connectivity index (χ1) is 21.6. The molecule has 15 nitrogen and oxygen atoms in total. The van der Waals surface area contributed by atoms with E-state index in [-0.39, 0.29) is 30.7 Å². The zero-order valence-electron chi connectivity index (χ0n) is 23.7. The molecule has 0 radical (unpaired) electrons. The Hall–Kier alpha value is -4.96. The number of ether oxygens (including phenoxy) is 2. The topological polar surface area (TPSA) is 207 Å². The van der Waals surface area contributed by atoms with E-state index in [0.717, 1.165) is 27.8 Å². The van der Waals surface area contributed by atoms with Crippen LogP contribution in [0.1, 0.15) is 36.3 Å². The molecule has 45 heavy (non-hydrogen) atoms. The Labute approximate surface area is 253 Å². The van der Waals surface area contributed by atoms with Gasteiger partial charge in [0.2, 0.25) is 0 Å². The summed E-state index contributed by atoms with van der Waals surface area (Å²) in [7, 11) is 0. The normalized spacial score (nSPS) is 25.0. The average molecular weight is 618 g/mol. The average Bonchev–Trinajstić information content (AvgIpc) is 3.53. The standard InChI is InChI=1S/C30H27N5O10/c1-2-30(35(29(42)43)21-7-8-33(28(41)32-21)26-24(38)23(37)20(12-36)45-26)17-10-19-22-15(9-14-5-3-4-6-18(14)31-22)11-34(19)25(39)16(17)13-44-27(30)40/h3-10,20,23-24,26,36-38H,2,11-13H2,1H3,(H,42,43)/t20?,23?,24?,26?,30-/m0/s1. The van der Waals surface area contributed by atoms with Crippen molar-refractivity contribution in [2.75, 3.05) is 11.5 Å². The van der Waals surface area contributed by atoms with Gasteiger partial charge in [0.15, 0.2) is 11.8 Å². The summed E-state index contributed by atoms with van der Waals surface area (Å²) in [5.41, 5.74) is -1.04. The number of aliphatic hydroxyl groups excluding tert-OH is 3. The number of benzene rings is 1. The zero-order valence-corrected chi connectivity index (χ0v) is 23.7. The lowest BCUT2D eigenvalue weighted by atomic mass is 9.81. The quantitative estimate of drug-likeness (QED) is 0.198. The smallest absolute Gasteiger partial charge is 0.414 e. The Kier molecular flexibility index (Phi) is 6.59. The molecule has 0 aliphatic carbocycles.